The Morgan fingerprint density at radius 1 is 1.50 bits per heavy atom. The molecule has 0 spiro atoms. The smallest absolute Gasteiger partial charge is 0.258 e. The number of nitro benzene ring substituents is 1. The van der Waals surface area contributed by atoms with Crippen molar-refractivity contribution in [1.29, 1.82) is 0 Å². The molecule has 1 unspecified atom stereocenters. The van der Waals surface area contributed by atoms with Crippen molar-refractivity contribution in [3.8, 4) is 0 Å². The number of hydrogen-bond donors (Lipinski definition) is 0. The molecule has 1 atom stereocenters. The first-order valence-corrected chi connectivity index (χ1v) is 5.71. The van der Waals surface area contributed by atoms with Gasteiger partial charge in [0.25, 0.3) is 5.69 Å². The average Bonchev–Trinajstić information content (AvgIpc) is 2.27. The number of rotatable bonds is 4. The Labute approximate surface area is 96.6 Å². The summed E-state index contributed by atoms with van der Waals surface area (Å²) in [6.45, 7) is 7.87. The second-order valence-corrected chi connectivity index (χ2v) is 4.12. The average molecular weight is 220 g/mol. The Morgan fingerprint density at radius 3 is 2.56 bits per heavy atom. The minimum absolute atomic E-state index is 0.226. The highest BCUT2D eigenvalue weighted by Gasteiger charge is 2.23. The van der Waals surface area contributed by atoms with E-state index in [-0.39, 0.29) is 16.5 Å². The zero-order chi connectivity index (χ0) is 12.3. The van der Waals surface area contributed by atoms with Gasteiger partial charge in [-0.3, -0.25) is 10.1 Å². The van der Waals surface area contributed by atoms with Crippen LogP contribution in [-0.4, -0.2) is 4.92 Å². The van der Waals surface area contributed by atoms with Crippen molar-refractivity contribution in [3.05, 3.63) is 38.9 Å². The molecular formula is C13H18NO2. The summed E-state index contributed by atoms with van der Waals surface area (Å²) in [6, 6.07) is 4.87. The second kappa shape index (κ2) is 5.10. The first kappa shape index (κ1) is 12.7. The molecule has 0 aliphatic rings. The van der Waals surface area contributed by atoms with Crippen LogP contribution in [0.25, 0.3) is 0 Å². The van der Waals surface area contributed by atoms with E-state index in [1.165, 1.54) is 0 Å². The van der Waals surface area contributed by atoms with E-state index < -0.39 is 0 Å². The van der Waals surface area contributed by atoms with Crippen molar-refractivity contribution in [3.63, 3.8) is 0 Å². The molecule has 1 rings (SSSR count). The Balaban J connectivity index is 3.48. The van der Waals surface area contributed by atoms with E-state index in [4.69, 9.17) is 0 Å². The molecule has 0 saturated carbocycles. The van der Waals surface area contributed by atoms with Crippen LogP contribution in [-0.2, 0) is 6.42 Å². The maximum atomic E-state index is 11.1. The van der Waals surface area contributed by atoms with Crippen molar-refractivity contribution < 1.29 is 4.92 Å². The SMILES string of the molecule is CCc1c[c]c(C)c([N+](=O)[O-])c1C(C)CC. The molecule has 1 radical (unpaired) electrons. The molecule has 87 valence electrons. The van der Waals surface area contributed by atoms with Gasteiger partial charge in [-0.25, -0.2) is 0 Å². The maximum Gasteiger partial charge on any atom is 0.276 e. The van der Waals surface area contributed by atoms with Crippen LogP contribution in [0.15, 0.2) is 6.07 Å². The molecule has 1 aromatic carbocycles. The zero-order valence-corrected chi connectivity index (χ0v) is 10.3. The fourth-order valence-corrected chi connectivity index (χ4v) is 1.98. The van der Waals surface area contributed by atoms with Gasteiger partial charge >= 0.3 is 0 Å². The molecule has 0 fully saturated rings. The molecule has 3 nitrogen and oxygen atoms in total. The van der Waals surface area contributed by atoms with Crippen molar-refractivity contribution >= 4 is 5.69 Å². The highest BCUT2D eigenvalue weighted by molar-refractivity contribution is 5.52. The van der Waals surface area contributed by atoms with Gasteiger partial charge < -0.3 is 0 Å². The molecule has 16 heavy (non-hydrogen) atoms. The van der Waals surface area contributed by atoms with Crippen LogP contribution in [0.4, 0.5) is 5.69 Å². The van der Waals surface area contributed by atoms with E-state index in [0.717, 1.165) is 24.0 Å². The molecule has 1 aromatic rings. The monoisotopic (exact) mass is 220 g/mol. The van der Waals surface area contributed by atoms with E-state index in [1.807, 2.05) is 19.9 Å². The lowest BCUT2D eigenvalue weighted by Crippen LogP contribution is -2.05. The number of aryl methyl sites for hydroxylation is 2. The summed E-state index contributed by atoms with van der Waals surface area (Å²) in [5.41, 5.74) is 2.84. The van der Waals surface area contributed by atoms with E-state index in [1.54, 1.807) is 6.92 Å². The Morgan fingerprint density at radius 2 is 2.12 bits per heavy atom. The lowest BCUT2D eigenvalue weighted by Gasteiger charge is -2.15. The third-order valence-corrected chi connectivity index (χ3v) is 3.09. The molecule has 0 aliphatic carbocycles. The molecule has 0 aromatic heterocycles. The van der Waals surface area contributed by atoms with Gasteiger partial charge in [0.1, 0.15) is 0 Å². The quantitative estimate of drug-likeness (QED) is 0.572. The van der Waals surface area contributed by atoms with Crippen LogP contribution < -0.4 is 0 Å². The summed E-state index contributed by atoms with van der Waals surface area (Å²) < 4.78 is 0. The molecule has 0 heterocycles. The van der Waals surface area contributed by atoms with Gasteiger partial charge in [-0.2, -0.15) is 0 Å². The van der Waals surface area contributed by atoms with Crippen LogP contribution in [0, 0.1) is 23.1 Å². The lowest BCUT2D eigenvalue weighted by molar-refractivity contribution is -0.386. The fourth-order valence-electron chi connectivity index (χ4n) is 1.98. The zero-order valence-electron chi connectivity index (χ0n) is 10.3. The summed E-state index contributed by atoms with van der Waals surface area (Å²) in [5.74, 6) is 0.226. The van der Waals surface area contributed by atoms with Gasteiger partial charge in [-0.1, -0.05) is 26.8 Å². The largest absolute Gasteiger partial charge is 0.276 e. The molecular weight excluding hydrogens is 202 g/mol. The topological polar surface area (TPSA) is 43.1 Å². The van der Waals surface area contributed by atoms with Crippen LogP contribution in [0.2, 0.25) is 0 Å². The summed E-state index contributed by atoms with van der Waals surface area (Å²) >= 11 is 0. The first-order valence-electron chi connectivity index (χ1n) is 5.71. The highest BCUT2D eigenvalue weighted by Crippen LogP contribution is 2.34. The molecule has 0 bridgehead atoms. The van der Waals surface area contributed by atoms with Crippen molar-refractivity contribution in [2.75, 3.05) is 0 Å². The second-order valence-electron chi connectivity index (χ2n) is 4.12. The predicted octanol–water partition coefficient (Wildman–Crippen LogP) is 3.78. The number of hydrogen-bond acceptors (Lipinski definition) is 2. The molecule has 0 aliphatic heterocycles. The summed E-state index contributed by atoms with van der Waals surface area (Å²) in [5, 5.41) is 11.1. The van der Waals surface area contributed by atoms with Crippen LogP contribution in [0.3, 0.4) is 0 Å². The Hall–Kier alpha value is -1.38. The number of nitrogens with zero attached hydrogens (tertiary/aromatic N) is 1. The van der Waals surface area contributed by atoms with Crippen molar-refractivity contribution in [2.45, 2.75) is 46.5 Å². The summed E-state index contributed by atoms with van der Waals surface area (Å²) in [6.07, 6.45) is 1.73. The van der Waals surface area contributed by atoms with Gasteiger partial charge in [0, 0.05) is 11.1 Å². The van der Waals surface area contributed by atoms with Gasteiger partial charge in [0.2, 0.25) is 0 Å². The minimum Gasteiger partial charge on any atom is -0.258 e. The normalized spacial score (nSPS) is 12.5. The van der Waals surface area contributed by atoms with Crippen LogP contribution in [0.5, 0.6) is 0 Å². The van der Waals surface area contributed by atoms with E-state index >= 15 is 0 Å². The maximum absolute atomic E-state index is 11.1. The Kier molecular flexibility index (Phi) is 4.05. The van der Waals surface area contributed by atoms with Gasteiger partial charge in [-0.05, 0) is 37.3 Å². The van der Waals surface area contributed by atoms with Gasteiger partial charge in [0.05, 0.1) is 4.92 Å². The fraction of sp³-hybridized carbons (Fsp3) is 0.538. The highest BCUT2D eigenvalue weighted by atomic mass is 16.6. The standard InChI is InChI=1S/C13H18NO2/c1-5-9(3)12-11(6-2)8-7-10(4)13(12)14(15)16/h8-9H,5-6H2,1-4H3. The molecule has 3 heteroatoms. The van der Waals surface area contributed by atoms with Crippen molar-refractivity contribution in [1.82, 2.24) is 0 Å². The van der Waals surface area contributed by atoms with Gasteiger partial charge in [-0.15, -0.1) is 0 Å². The number of nitro groups is 1. The van der Waals surface area contributed by atoms with Crippen LogP contribution >= 0.6 is 0 Å². The number of benzene rings is 1. The molecule has 0 saturated heterocycles. The summed E-state index contributed by atoms with van der Waals surface area (Å²) in [4.78, 5) is 10.8. The summed E-state index contributed by atoms with van der Waals surface area (Å²) in [7, 11) is 0. The molecule has 0 N–H and O–H groups in total. The minimum atomic E-state index is -0.271. The molecule has 0 amide bonds. The third kappa shape index (κ3) is 2.23. The predicted molar refractivity (Wildman–Crippen MR) is 64.8 cm³/mol. The first-order chi connectivity index (χ1) is 7.52. The van der Waals surface area contributed by atoms with Crippen LogP contribution in [0.1, 0.15) is 49.8 Å². The van der Waals surface area contributed by atoms with E-state index in [2.05, 4.69) is 13.0 Å². The van der Waals surface area contributed by atoms with E-state index in [9.17, 15) is 10.1 Å². The van der Waals surface area contributed by atoms with Gasteiger partial charge in [0.15, 0.2) is 0 Å². The Bertz CT molecular complexity index is 399. The third-order valence-electron chi connectivity index (χ3n) is 3.09. The van der Waals surface area contributed by atoms with E-state index in [0.29, 0.717) is 5.56 Å². The van der Waals surface area contributed by atoms with Crippen molar-refractivity contribution in [2.24, 2.45) is 0 Å². The lowest BCUT2D eigenvalue weighted by atomic mass is 9.89.